The number of aliphatic imine (C=N–C) groups is 1. The van der Waals surface area contributed by atoms with E-state index in [1.54, 1.807) is 25.5 Å². The number of rotatable bonds is 10. The maximum absolute atomic E-state index is 5.07. The molecule has 0 radical (unpaired) electrons. The summed E-state index contributed by atoms with van der Waals surface area (Å²) in [6.07, 6.45) is 1.07. The monoisotopic (exact) mass is 469 g/mol. The van der Waals surface area contributed by atoms with E-state index >= 15 is 0 Å². The highest BCUT2D eigenvalue weighted by molar-refractivity contribution is 14.0. The minimum atomic E-state index is 0. The van der Waals surface area contributed by atoms with Crippen LogP contribution in [0.2, 0.25) is 0 Å². The van der Waals surface area contributed by atoms with Crippen molar-refractivity contribution in [1.82, 2.24) is 20.5 Å². The highest BCUT2D eigenvalue weighted by Gasteiger charge is 2.06. The van der Waals surface area contributed by atoms with Crippen LogP contribution in [0.4, 0.5) is 0 Å². The van der Waals surface area contributed by atoms with Gasteiger partial charge < -0.3 is 20.3 Å². The Balaban J connectivity index is 0.00000529. The number of guanidine groups is 1. The van der Waals surface area contributed by atoms with Gasteiger partial charge in [0.05, 0.1) is 18.8 Å². The van der Waals surface area contributed by atoms with E-state index in [1.165, 1.54) is 0 Å². The van der Waals surface area contributed by atoms with Crippen molar-refractivity contribution < 1.29 is 4.74 Å². The first-order valence-corrected chi connectivity index (χ1v) is 9.01. The van der Waals surface area contributed by atoms with Gasteiger partial charge in [-0.25, -0.2) is 4.98 Å². The molecule has 24 heavy (non-hydrogen) atoms. The van der Waals surface area contributed by atoms with Gasteiger partial charge in [0, 0.05) is 32.6 Å². The molecule has 1 rings (SSSR count). The molecule has 1 aromatic rings. The van der Waals surface area contributed by atoms with Gasteiger partial charge in [0.2, 0.25) is 0 Å². The van der Waals surface area contributed by atoms with Crippen molar-refractivity contribution in [1.29, 1.82) is 0 Å². The van der Waals surface area contributed by atoms with E-state index in [9.17, 15) is 0 Å². The van der Waals surface area contributed by atoms with Gasteiger partial charge in [-0.2, -0.15) is 0 Å². The van der Waals surface area contributed by atoms with E-state index < -0.39 is 0 Å². The molecule has 0 aliphatic carbocycles. The molecule has 1 heterocycles. The van der Waals surface area contributed by atoms with Gasteiger partial charge >= 0.3 is 0 Å². The molecule has 2 N–H and O–H groups in total. The van der Waals surface area contributed by atoms with Crippen LogP contribution in [-0.2, 0) is 11.3 Å². The maximum Gasteiger partial charge on any atom is 0.191 e. The summed E-state index contributed by atoms with van der Waals surface area (Å²) in [5, 5.41) is 9.88. The van der Waals surface area contributed by atoms with E-state index in [0.717, 1.165) is 49.3 Å². The van der Waals surface area contributed by atoms with Crippen LogP contribution in [-0.4, -0.2) is 63.3 Å². The molecule has 0 saturated heterocycles. The van der Waals surface area contributed by atoms with Crippen molar-refractivity contribution in [3.63, 3.8) is 0 Å². The molecule has 140 valence electrons. The van der Waals surface area contributed by atoms with E-state index in [-0.39, 0.29) is 24.0 Å². The highest BCUT2D eigenvalue weighted by Crippen LogP contribution is 2.17. The average Bonchev–Trinajstić information content (AvgIpc) is 3.01. The fourth-order valence-electron chi connectivity index (χ4n) is 1.97. The lowest BCUT2D eigenvalue weighted by Crippen LogP contribution is -2.38. The third kappa shape index (κ3) is 9.75. The van der Waals surface area contributed by atoms with Gasteiger partial charge in [-0.1, -0.05) is 13.8 Å². The minimum Gasteiger partial charge on any atom is -0.383 e. The molecule has 1 aromatic heterocycles. The molecule has 0 bridgehead atoms. The zero-order valence-corrected chi connectivity index (χ0v) is 18.6. The topological polar surface area (TPSA) is 61.8 Å². The summed E-state index contributed by atoms with van der Waals surface area (Å²) in [6, 6.07) is 0. The number of nitrogens with one attached hydrogen (secondary N) is 2. The number of aromatic nitrogens is 1. The number of thiazole rings is 1. The second-order valence-corrected chi connectivity index (χ2v) is 6.77. The van der Waals surface area contributed by atoms with Crippen molar-refractivity contribution >= 4 is 41.3 Å². The van der Waals surface area contributed by atoms with Crippen molar-refractivity contribution in [2.45, 2.75) is 32.7 Å². The average molecular weight is 469 g/mol. The summed E-state index contributed by atoms with van der Waals surface area (Å²) in [7, 11) is 5.64. The molecule has 0 aromatic carbocycles. The number of halogens is 1. The van der Waals surface area contributed by atoms with E-state index in [4.69, 9.17) is 4.74 Å². The molecule has 0 spiro atoms. The highest BCUT2D eigenvalue weighted by atomic mass is 127. The summed E-state index contributed by atoms with van der Waals surface area (Å²) in [5.74, 6) is 1.30. The van der Waals surface area contributed by atoms with Crippen LogP contribution in [0.25, 0.3) is 0 Å². The Morgan fingerprint density at radius 2 is 2.12 bits per heavy atom. The van der Waals surface area contributed by atoms with Gasteiger partial charge in [0.1, 0.15) is 5.01 Å². The van der Waals surface area contributed by atoms with Crippen molar-refractivity contribution in [2.75, 3.05) is 47.4 Å². The fraction of sp³-hybridized carbons (Fsp3) is 0.750. The zero-order valence-electron chi connectivity index (χ0n) is 15.5. The smallest absolute Gasteiger partial charge is 0.191 e. The Hall–Kier alpha value is -0.450. The lowest BCUT2D eigenvalue weighted by Gasteiger charge is -2.16. The molecular weight excluding hydrogens is 437 g/mol. The molecule has 0 aliphatic rings. The van der Waals surface area contributed by atoms with Crippen LogP contribution in [0, 0.1) is 0 Å². The minimum absolute atomic E-state index is 0. The molecule has 8 heteroatoms. The molecule has 0 fully saturated rings. The predicted molar refractivity (Wildman–Crippen MR) is 114 cm³/mol. The standard InChI is InChI=1S/C16H31N5OS.HI/c1-13(2)14-12-23-15(20-14)11-19-16(17-3)18-7-6-8-21(4)9-10-22-5;/h12-13H,6-11H2,1-5H3,(H2,17,18,19);1H. The molecule has 0 unspecified atom stereocenters. The van der Waals surface area contributed by atoms with Crippen LogP contribution in [0.5, 0.6) is 0 Å². The summed E-state index contributed by atoms with van der Waals surface area (Å²) in [5.41, 5.74) is 1.16. The number of hydrogen-bond donors (Lipinski definition) is 2. The Labute approximate surface area is 167 Å². The van der Waals surface area contributed by atoms with Crippen LogP contribution in [0.3, 0.4) is 0 Å². The van der Waals surface area contributed by atoms with Crippen molar-refractivity contribution in [3.8, 4) is 0 Å². The molecule has 0 saturated carbocycles. The molecule has 6 nitrogen and oxygen atoms in total. The first kappa shape index (κ1) is 23.5. The number of likely N-dealkylation sites (N-methyl/N-ethyl adjacent to an activating group) is 1. The van der Waals surface area contributed by atoms with Crippen LogP contribution >= 0.6 is 35.3 Å². The largest absolute Gasteiger partial charge is 0.383 e. The quantitative estimate of drug-likeness (QED) is 0.239. The summed E-state index contributed by atoms with van der Waals surface area (Å²) in [6.45, 7) is 8.71. The van der Waals surface area contributed by atoms with Crippen LogP contribution < -0.4 is 10.6 Å². The Morgan fingerprint density at radius 1 is 1.38 bits per heavy atom. The lowest BCUT2D eigenvalue weighted by atomic mass is 10.2. The Morgan fingerprint density at radius 3 is 2.71 bits per heavy atom. The number of nitrogens with zero attached hydrogens (tertiary/aromatic N) is 3. The number of methoxy groups -OCH3 is 1. The third-order valence-corrected chi connectivity index (χ3v) is 4.34. The normalized spacial score (nSPS) is 11.7. The van der Waals surface area contributed by atoms with Gasteiger partial charge in [-0.05, 0) is 25.9 Å². The van der Waals surface area contributed by atoms with Gasteiger partial charge in [-0.3, -0.25) is 4.99 Å². The predicted octanol–water partition coefficient (Wildman–Crippen LogP) is 2.52. The summed E-state index contributed by atoms with van der Waals surface area (Å²) in [4.78, 5) is 11.1. The first-order chi connectivity index (χ1) is 11.1. The number of ether oxygens (including phenoxy) is 1. The molecule has 0 amide bonds. The van der Waals surface area contributed by atoms with Crippen molar-refractivity contribution in [2.24, 2.45) is 4.99 Å². The second kappa shape index (κ2) is 13.8. The molecule has 0 atom stereocenters. The molecular formula is C16H32IN5OS. The van der Waals surface area contributed by atoms with Crippen molar-refractivity contribution in [3.05, 3.63) is 16.1 Å². The van der Waals surface area contributed by atoms with E-state index in [1.807, 2.05) is 0 Å². The third-order valence-electron chi connectivity index (χ3n) is 3.48. The van der Waals surface area contributed by atoms with Gasteiger partial charge in [0.25, 0.3) is 0 Å². The lowest BCUT2D eigenvalue weighted by molar-refractivity contribution is 0.161. The summed E-state index contributed by atoms with van der Waals surface area (Å²) < 4.78 is 5.07. The first-order valence-electron chi connectivity index (χ1n) is 8.13. The fourth-order valence-corrected chi connectivity index (χ4v) is 2.86. The molecule has 0 aliphatic heterocycles. The van der Waals surface area contributed by atoms with Crippen LogP contribution in [0.15, 0.2) is 10.4 Å². The summed E-state index contributed by atoms with van der Waals surface area (Å²) >= 11 is 1.70. The van der Waals surface area contributed by atoms with E-state index in [2.05, 4.69) is 51.8 Å². The van der Waals surface area contributed by atoms with E-state index in [0.29, 0.717) is 12.5 Å². The van der Waals surface area contributed by atoms with Crippen LogP contribution in [0.1, 0.15) is 36.9 Å². The Bertz CT molecular complexity index is 467. The van der Waals surface area contributed by atoms with Gasteiger partial charge in [-0.15, -0.1) is 35.3 Å². The zero-order chi connectivity index (χ0) is 17.1. The second-order valence-electron chi connectivity index (χ2n) is 5.82. The number of hydrogen-bond acceptors (Lipinski definition) is 5. The van der Waals surface area contributed by atoms with Gasteiger partial charge in [0.15, 0.2) is 5.96 Å². The Kier molecular flexibility index (Phi) is 13.5. The maximum atomic E-state index is 5.07. The SMILES string of the molecule is CN=C(NCCCN(C)CCOC)NCc1nc(C(C)C)cs1.I.